The van der Waals surface area contributed by atoms with Gasteiger partial charge in [0.05, 0.1) is 6.54 Å². The average Bonchev–Trinajstić information content (AvgIpc) is 2.10. The van der Waals surface area contributed by atoms with E-state index in [1.807, 2.05) is 5.32 Å². The van der Waals surface area contributed by atoms with Crippen LogP contribution in [0.15, 0.2) is 0 Å². The Kier molecular flexibility index (Phi) is 5.98. The van der Waals surface area contributed by atoms with E-state index in [4.69, 9.17) is 28.3 Å². The van der Waals surface area contributed by atoms with E-state index in [-0.39, 0.29) is 6.54 Å². The van der Waals surface area contributed by atoms with Crippen molar-refractivity contribution in [3.05, 3.63) is 0 Å². The van der Waals surface area contributed by atoms with Gasteiger partial charge in [0, 0.05) is 0 Å². The van der Waals surface area contributed by atoms with Crippen LogP contribution in [-0.2, 0) is 14.4 Å². The highest BCUT2D eigenvalue weighted by Crippen LogP contribution is 1.99. The van der Waals surface area contributed by atoms with Crippen molar-refractivity contribution in [2.24, 2.45) is 0 Å². The third kappa shape index (κ3) is 6.50. The van der Waals surface area contributed by atoms with Crippen molar-refractivity contribution >= 4 is 41.0 Å². The summed E-state index contributed by atoms with van der Waals surface area (Å²) >= 11 is 10.3. The van der Waals surface area contributed by atoms with Crippen LogP contribution in [-0.4, -0.2) is 40.8 Å². The molecule has 0 fully saturated rings. The molecule has 3 N–H and O–H groups in total. The number of carboxylic acid groups (broad SMARTS) is 1. The first kappa shape index (κ1) is 13.0. The molecule has 0 aliphatic heterocycles. The van der Waals surface area contributed by atoms with Crippen LogP contribution >= 0.6 is 23.2 Å². The van der Waals surface area contributed by atoms with Crippen LogP contribution < -0.4 is 10.6 Å². The molecule has 0 aromatic rings. The molecular formula is C6H8Cl2N2O4. The minimum absolute atomic E-state index is 0.359. The average molecular weight is 243 g/mol. The summed E-state index contributed by atoms with van der Waals surface area (Å²) in [5, 5.41) is 12.3. The number of carboxylic acids is 1. The molecule has 0 aliphatic rings. The molecule has 14 heavy (non-hydrogen) atoms. The van der Waals surface area contributed by atoms with Crippen molar-refractivity contribution in [2.75, 3.05) is 13.1 Å². The van der Waals surface area contributed by atoms with Crippen molar-refractivity contribution in [1.82, 2.24) is 10.6 Å². The summed E-state index contributed by atoms with van der Waals surface area (Å²) in [6.45, 7) is -0.859. The Balaban J connectivity index is 3.64. The van der Waals surface area contributed by atoms with E-state index < -0.39 is 29.2 Å². The predicted molar refractivity (Wildman–Crippen MR) is 49.1 cm³/mol. The van der Waals surface area contributed by atoms with Gasteiger partial charge in [0.2, 0.25) is 5.91 Å². The van der Waals surface area contributed by atoms with Crippen molar-refractivity contribution in [2.45, 2.75) is 4.84 Å². The second-order valence-electron chi connectivity index (χ2n) is 2.19. The van der Waals surface area contributed by atoms with Crippen LogP contribution in [0.4, 0.5) is 0 Å². The second-order valence-corrected chi connectivity index (χ2v) is 3.29. The fourth-order valence-corrected chi connectivity index (χ4v) is 0.636. The third-order valence-corrected chi connectivity index (χ3v) is 1.45. The zero-order valence-electron chi connectivity index (χ0n) is 6.92. The Hall–Kier alpha value is -1.01. The van der Waals surface area contributed by atoms with Gasteiger partial charge in [0.1, 0.15) is 6.54 Å². The molecule has 0 aliphatic carbocycles. The second kappa shape index (κ2) is 6.44. The van der Waals surface area contributed by atoms with Gasteiger partial charge in [0.15, 0.2) is 4.84 Å². The first-order chi connectivity index (χ1) is 6.43. The maximum Gasteiger partial charge on any atom is 0.322 e. The van der Waals surface area contributed by atoms with Crippen molar-refractivity contribution in [3.63, 3.8) is 0 Å². The lowest BCUT2D eigenvalue weighted by Gasteiger charge is -2.04. The molecule has 0 saturated carbocycles. The molecule has 0 heterocycles. The molecule has 6 nitrogen and oxygen atoms in total. The Morgan fingerprint density at radius 1 is 1.14 bits per heavy atom. The summed E-state index contributed by atoms with van der Waals surface area (Å²) in [6.07, 6.45) is 0. The topological polar surface area (TPSA) is 95.5 Å². The number of aliphatic carboxylic acids is 1. The number of nitrogens with one attached hydrogen (secondary N) is 2. The standard InChI is InChI=1S/C6H8Cl2N2O4/c7-5(8)6(14)10-1-3(11)9-2-4(12)13/h5H,1-2H2,(H,9,11)(H,10,14)(H,12,13). The summed E-state index contributed by atoms with van der Waals surface area (Å²) in [5.74, 6) is -2.51. The van der Waals surface area contributed by atoms with Crippen LogP contribution in [0, 0.1) is 0 Å². The van der Waals surface area contributed by atoms with Gasteiger partial charge in [-0.15, -0.1) is 0 Å². The van der Waals surface area contributed by atoms with Crippen molar-refractivity contribution < 1.29 is 19.5 Å². The smallest absolute Gasteiger partial charge is 0.322 e. The van der Waals surface area contributed by atoms with Gasteiger partial charge in [0.25, 0.3) is 5.91 Å². The van der Waals surface area contributed by atoms with E-state index in [1.165, 1.54) is 0 Å². The fourth-order valence-electron chi connectivity index (χ4n) is 0.481. The lowest BCUT2D eigenvalue weighted by molar-refractivity contribution is -0.137. The lowest BCUT2D eigenvalue weighted by Crippen LogP contribution is -2.40. The Morgan fingerprint density at radius 2 is 1.71 bits per heavy atom. The first-order valence-corrected chi connectivity index (χ1v) is 4.35. The number of halogens is 2. The highest BCUT2D eigenvalue weighted by Gasteiger charge is 2.12. The van der Waals surface area contributed by atoms with E-state index in [0.29, 0.717) is 0 Å². The zero-order chi connectivity index (χ0) is 11.1. The quantitative estimate of drug-likeness (QED) is 0.545. The van der Waals surface area contributed by atoms with E-state index in [9.17, 15) is 14.4 Å². The molecule has 0 rings (SSSR count). The molecule has 0 unspecified atom stereocenters. The largest absolute Gasteiger partial charge is 0.480 e. The number of hydrogen-bond acceptors (Lipinski definition) is 3. The van der Waals surface area contributed by atoms with Gasteiger partial charge in [-0.1, -0.05) is 23.2 Å². The van der Waals surface area contributed by atoms with E-state index in [1.54, 1.807) is 0 Å². The maximum absolute atomic E-state index is 10.8. The number of alkyl halides is 2. The molecule has 0 aromatic heterocycles. The number of carbonyl (C=O) groups excluding carboxylic acids is 2. The molecule has 2 amide bonds. The Bertz CT molecular complexity index is 244. The summed E-state index contributed by atoms with van der Waals surface area (Å²) < 4.78 is 0. The lowest BCUT2D eigenvalue weighted by atomic mass is 10.5. The van der Waals surface area contributed by atoms with Crippen molar-refractivity contribution in [1.29, 1.82) is 0 Å². The van der Waals surface area contributed by atoms with E-state index >= 15 is 0 Å². The number of carbonyl (C=O) groups is 3. The SMILES string of the molecule is O=C(O)CNC(=O)CNC(=O)C(Cl)Cl. The molecule has 8 heteroatoms. The van der Waals surface area contributed by atoms with Crippen LogP contribution in [0.5, 0.6) is 0 Å². The van der Waals surface area contributed by atoms with Gasteiger partial charge >= 0.3 is 5.97 Å². The van der Waals surface area contributed by atoms with E-state index in [0.717, 1.165) is 0 Å². The maximum atomic E-state index is 10.8. The van der Waals surface area contributed by atoms with Crippen LogP contribution in [0.2, 0.25) is 0 Å². The van der Waals surface area contributed by atoms with Gasteiger partial charge in [-0.2, -0.15) is 0 Å². The summed E-state index contributed by atoms with van der Waals surface area (Å²) in [5.41, 5.74) is 0. The Morgan fingerprint density at radius 3 is 2.14 bits per heavy atom. The number of hydrogen-bond donors (Lipinski definition) is 3. The summed E-state index contributed by atoms with van der Waals surface area (Å²) in [6, 6.07) is 0. The molecule has 0 aromatic carbocycles. The molecule has 0 radical (unpaired) electrons. The van der Waals surface area contributed by atoms with Crippen LogP contribution in [0.25, 0.3) is 0 Å². The normalized spacial score (nSPS) is 9.64. The highest BCUT2D eigenvalue weighted by atomic mass is 35.5. The third-order valence-electron chi connectivity index (χ3n) is 1.06. The van der Waals surface area contributed by atoms with Gasteiger partial charge in [-0.25, -0.2) is 0 Å². The van der Waals surface area contributed by atoms with Gasteiger partial charge < -0.3 is 15.7 Å². The van der Waals surface area contributed by atoms with Gasteiger partial charge in [-0.3, -0.25) is 14.4 Å². The fraction of sp³-hybridized carbons (Fsp3) is 0.500. The molecular weight excluding hydrogens is 235 g/mol. The van der Waals surface area contributed by atoms with E-state index in [2.05, 4.69) is 5.32 Å². The molecule has 0 atom stereocenters. The molecule has 0 saturated heterocycles. The van der Waals surface area contributed by atoms with Crippen LogP contribution in [0.1, 0.15) is 0 Å². The Labute approximate surface area is 89.5 Å². The van der Waals surface area contributed by atoms with Crippen LogP contribution in [0.3, 0.4) is 0 Å². The minimum Gasteiger partial charge on any atom is -0.480 e. The molecule has 80 valence electrons. The first-order valence-electron chi connectivity index (χ1n) is 3.48. The zero-order valence-corrected chi connectivity index (χ0v) is 8.43. The van der Waals surface area contributed by atoms with Crippen molar-refractivity contribution in [3.8, 4) is 0 Å². The summed E-state index contributed by atoms with van der Waals surface area (Å²) in [4.78, 5) is 30.3. The molecule has 0 bridgehead atoms. The highest BCUT2D eigenvalue weighted by molar-refractivity contribution is 6.53. The number of amides is 2. The predicted octanol–water partition coefficient (Wildman–Crippen LogP) is -0.893. The monoisotopic (exact) mass is 242 g/mol. The number of rotatable bonds is 5. The molecule has 0 spiro atoms. The summed E-state index contributed by atoms with van der Waals surface area (Å²) in [7, 11) is 0. The van der Waals surface area contributed by atoms with Gasteiger partial charge in [-0.05, 0) is 0 Å². The minimum atomic E-state index is -1.25.